The Hall–Kier alpha value is -5.70. The molecule has 0 unspecified atom stereocenters. The highest BCUT2D eigenvalue weighted by molar-refractivity contribution is 6.09. The number of benzene rings is 4. The first-order valence-corrected chi connectivity index (χ1v) is 11.5. The maximum atomic E-state index is 12.4. The third-order valence-electron chi connectivity index (χ3n) is 5.54. The monoisotopic (exact) mass is 523 g/mol. The Labute approximate surface area is 222 Å². The molecule has 0 spiro atoms. The van der Waals surface area contributed by atoms with Crippen LogP contribution in [0, 0.1) is 4.91 Å². The fourth-order valence-corrected chi connectivity index (χ4v) is 3.54. The second kappa shape index (κ2) is 11.6. The fraction of sp³-hybridized carbons (Fsp3) is 0. The van der Waals surface area contributed by atoms with Crippen molar-refractivity contribution in [3.8, 4) is 34.5 Å². The topological polar surface area (TPSA) is 154 Å². The van der Waals surface area contributed by atoms with Gasteiger partial charge in [0.2, 0.25) is 0 Å². The molecule has 0 aliphatic heterocycles. The maximum Gasteiger partial charge on any atom is 0.189 e. The molecule has 194 valence electrons. The van der Waals surface area contributed by atoms with Crippen molar-refractivity contribution in [1.82, 2.24) is 0 Å². The maximum absolute atomic E-state index is 12.4. The van der Waals surface area contributed by atoms with E-state index in [0.717, 1.165) is 12.1 Å². The highest BCUT2D eigenvalue weighted by Gasteiger charge is 2.11. The summed E-state index contributed by atoms with van der Waals surface area (Å²) in [6.07, 6.45) is 5.53. The Morgan fingerprint density at radius 2 is 1.23 bits per heavy atom. The van der Waals surface area contributed by atoms with Gasteiger partial charge >= 0.3 is 0 Å². The molecule has 0 saturated carbocycles. The second-order valence-corrected chi connectivity index (χ2v) is 8.29. The van der Waals surface area contributed by atoms with Crippen molar-refractivity contribution in [2.75, 3.05) is 0 Å². The van der Waals surface area contributed by atoms with E-state index in [0.29, 0.717) is 16.9 Å². The molecule has 4 rings (SSSR count). The van der Waals surface area contributed by atoms with Crippen LogP contribution in [-0.2, 0) is 0 Å². The minimum atomic E-state index is -0.500. The minimum absolute atomic E-state index is 0.00140. The molecule has 0 saturated heterocycles. The Morgan fingerprint density at radius 3 is 1.82 bits per heavy atom. The molecule has 9 heteroatoms. The van der Waals surface area contributed by atoms with Gasteiger partial charge in [0.15, 0.2) is 23.1 Å². The number of nitrogens with zero attached hydrogens (tertiary/aromatic N) is 1. The van der Waals surface area contributed by atoms with Gasteiger partial charge in [0.1, 0.15) is 28.7 Å². The lowest BCUT2D eigenvalue weighted by molar-refractivity contribution is 0.103. The third-order valence-corrected chi connectivity index (χ3v) is 5.54. The van der Waals surface area contributed by atoms with Crippen LogP contribution < -0.4 is 4.74 Å². The van der Waals surface area contributed by atoms with E-state index < -0.39 is 11.6 Å². The van der Waals surface area contributed by atoms with Gasteiger partial charge in [-0.1, -0.05) is 30.4 Å². The smallest absolute Gasteiger partial charge is 0.189 e. The molecule has 9 nitrogen and oxygen atoms in total. The highest BCUT2D eigenvalue weighted by Crippen LogP contribution is 2.32. The SMILES string of the molecule is O=Nc1ccc(C(=O)/C=C/c2ccc(Oc3ccc(/C=C/C(=O)c4ccc(O)cc4O)cc3)c(O)c2)c(O)c1. The van der Waals surface area contributed by atoms with Gasteiger partial charge in [0.05, 0.1) is 11.1 Å². The first-order chi connectivity index (χ1) is 18.7. The lowest BCUT2D eigenvalue weighted by Crippen LogP contribution is -1.94. The average molecular weight is 523 g/mol. The van der Waals surface area contributed by atoms with E-state index in [1.54, 1.807) is 36.4 Å². The molecular formula is C30H21NO8. The van der Waals surface area contributed by atoms with E-state index >= 15 is 0 Å². The van der Waals surface area contributed by atoms with Crippen LogP contribution in [-0.4, -0.2) is 32.0 Å². The largest absolute Gasteiger partial charge is 0.508 e. The number of hydrogen-bond acceptors (Lipinski definition) is 9. The molecule has 0 radical (unpaired) electrons. The number of carbonyl (C=O) groups is 2. The number of ether oxygens (including phenoxy) is 1. The van der Waals surface area contributed by atoms with E-state index in [4.69, 9.17) is 4.74 Å². The molecule has 0 aliphatic rings. The van der Waals surface area contributed by atoms with Crippen LogP contribution in [0.1, 0.15) is 31.8 Å². The van der Waals surface area contributed by atoms with E-state index in [2.05, 4.69) is 5.18 Å². The lowest BCUT2D eigenvalue weighted by atomic mass is 10.1. The zero-order valence-corrected chi connectivity index (χ0v) is 20.2. The molecule has 0 heterocycles. The van der Waals surface area contributed by atoms with E-state index in [1.807, 2.05) is 0 Å². The molecule has 0 atom stereocenters. The zero-order chi connectivity index (χ0) is 27.9. The van der Waals surface area contributed by atoms with Gasteiger partial charge in [-0.3, -0.25) is 9.59 Å². The summed E-state index contributed by atoms with van der Waals surface area (Å²) in [4.78, 5) is 35.2. The molecule has 0 aromatic heterocycles. The summed E-state index contributed by atoms with van der Waals surface area (Å²) in [5.74, 6) is -1.33. The molecule has 4 N–H and O–H groups in total. The first kappa shape index (κ1) is 26.4. The molecule has 4 aromatic carbocycles. The molecule has 4 aromatic rings. The number of nitroso groups, excluding NO2 is 1. The van der Waals surface area contributed by atoms with Crippen LogP contribution >= 0.6 is 0 Å². The van der Waals surface area contributed by atoms with E-state index in [9.17, 15) is 34.9 Å². The second-order valence-electron chi connectivity index (χ2n) is 8.29. The molecular weight excluding hydrogens is 502 g/mol. The van der Waals surface area contributed by atoms with E-state index in [1.165, 1.54) is 54.6 Å². The normalized spacial score (nSPS) is 11.1. The Balaban J connectivity index is 1.39. The number of hydrogen-bond donors (Lipinski definition) is 4. The number of phenolic OH excluding ortho intramolecular Hbond substituents is 4. The summed E-state index contributed by atoms with van der Waals surface area (Å²) in [6.45, 7) is 0. The van der Waals surface area contributed by atoms with Crippen LogP contribution in [0.3, 0.4) is 0 Å². The molecule has 39 heavy (non-hydrogen) atoms. The van der Waals surface area contributed by atoms with Crippen molar-refractivity contribution in [2.24, 2.45) is 5.18 Å². The van der Waals surface area contributed by atoms with Crippen molar-refractivity contribution >= 4 is 29.4 Å². The Bertz CT molecular complexity index is 1620. The molecule has 0 amide bonds. The van der Waals surface area contributed by atoms with Gasteiger partial charge in [0.25, 0.3) is 0 Å². The molecule has 0 bridgehead atoms. The van der Waals surface area contributed by atoms with Gasteiger partial charge in [0, 0.05) is 12.1 Å². The van der Waals surface area contributed by atoms with Gasteiger partial charge < -0.3 is 25.2 Å². The lowest BCUT2D eigenvalue weighted by Gasteiger charge is -2.08. The predicted molar refractivity (Wildman–Crippen MR) is 145 cm³/mol. The number of carbonyl (C=O) groups excluding carboxylic acids is 2. The Morgan fingerprint density at radius 1 is 0.641 bits per heavy atom. The van der Waals surface area contributed by atoms with Crippen LogP contribution in [0.2, 0.25) is 0 Å². The van der Waals surface area contributed by atoms with Crippen LogP contribution in [0.5, 0.6) is 34.5 Å². The molecule has 0 aliphatic carbocycles. The van der Waals surface area contributed by atoms with Crippen molar-refractivity contribution in [3.63, 3.8) is 0 Å². The average Bonchev–Trinajstić information content (AvgIpc) is 2.92. The van der Waals surface area contributed by atoms with Gasteiger partial charge in [-0.25, -0.2) is 0 Å². The van der Waals surface area contributed by atoms with Crippen LogP contribution in [0.15, 0.2) is 96.2 Å². The summed E-state index contributed by atoms with van der Waals surface area (Å²) in [7, 11) is 0. The number of allylic oxidation sites excluding steroid dienone is 2. The quantitative estimate of drug-likeness (QED) is 0.110. The third kappa shape index (κ3) is 6.55. The summed E-state index contributed by atoms with van der Waals surface area (Å²) < 4.78 is 5.72. The van der Waals surface area contributed by atoms with Crippen LogP contribution in [0.4, 0.5) is 5.69 Å². The van der Waals surface area contributed by atoms with Crippen molar-refractivity contribution < 1.29 is 34.8 Å². The van der Waals surface area contributed by atoms with E-state index in [-0.39, 0.29) is 45.6 Å². The van der Waals surface area contributed by atoms with Gasteiger partial charge in [-0.15, -0.1) is 4.91 Å². The number of phenols is 4. The summed E-state index contributed by atoms with van der Waals surface area (Å²) in [5.41, 5.74) is 1.26. The fourth-order valence-electron chi connectivity index (χ4n) is 3.54. The Kier molecular flexibility index (Phi) is 7.82. The number of aromatic hydroxyl groups is 4. The summed E-state index contributed by atoms with van der Waals surface area (Å²) >= 11 is 0. The number of rotatable bonds is 9. The number of ketones is 2. The van der Waals surface area contributed by atoms with Crippen molar-refractivity contribution in [3.05, 3.63) is 118 Å². The van der Waals surface area contributed by atoms with Crippen molar-refractivity contribution in [1.29, 1.82) is 0 Å². The van der Waals surface area contributed by atoms with Crippen molar-refractivity contribution in [2.45, 2.75) is 0 Å². The highest BCUT2D eigenvalue weighted by atomic mass is 16.5. The standard InChI is InChI=1S/C30H21NO8/c32-21-7-11-24(28(36)17-21)25(33)12-3-18-1-8-22(9-2-18)39-30-14-5-19(15-29(30)37)4-13-26(34)23-10-6-20(31-38)16-27(23)35/h1-17,32,35-37H/b12-3+,13-4+. The predicted octanol–water partition coefficient (Wildman–Crippen LogP) is 6.49. The minimum Gasteiger partial charge on any atom is -0.508 e. The van der Waals surface area contributed by atoms with Crippen LogP contribution in [0.25, 0.3) is 12.2 Å². The first-order valence-electron chi connectivity index (χ1n) is 11.5. The summed E-state index contributed by atoms with van der Waals surface area (Å²) in [5, 5.41) is 42.1. The zero-order valence-electron chi connectivity index (χ0n) is 20.2. The van der Waals surface area contributed by atoms with Gasteiger partial charge in [-0.2, -0.15) is 0 Å². The van der Waals surface area contributed by atoms with Gasteiger partial charge in [-0.05, 0) is 77.0 Å². The summed E-state index contributed by atoms with van der Waals surface area (Å²) in [6, 6.07) is 18.7. The molecule has 0 fully saturated rings.